The summed E-state index contributed by atoms with van der Waals surface area (Å²) in [7, 11) is 1.50. The number of hydrogen-bond donors (Lipinski definition) is 1. The molecule has 1 aliphatic heterocycles. The number of Topliss-reactive ketones (excluding diaryl/α,β-unsaturated/α-hetero) is 1. The van der Waals surface area contributed by atoms with Crippen molar-refractivity contribution in [3.63, 3.8) is 0 Å². The van der Waals surface area contributed by atoms with Gasteiger partial charge in [0.1, 0.15) is 17.3 Å². The van der Waals surface area contributed by atoms with Gasteiger partial charge in [-0.1, -0.05) is 26.0 Å². The molecule has 1 atom stereocenters. The van der Waals surface area contributed by atoms with Crippen LogP contribution in [-0.2, 0) is 9.59 Å². The lowest BCUT2D eigenvalue weighted by Crippen LogP contribution is -2.29. The lowest BCUT2D eigenvalue weighted by molar-refractivity contribution is -0.132. The van der Waals surface area contributed by atoms with Crippen molar-refractivity contribution in [2.24, 2.45) is 0 Å². The van der Waals surface area contributed by atoms with Gasteiger partial charge in [0.2, 0.25) is 0 Å². The molecule has 1 N–H and O–H groups in total. The number of rotatable bonds is 7. The van der Waals surface area contributed by atoms with E-state index in [1.54, 1.807) is 60.9 Å². The van der Waals surface area contributed by atoms with E-state index in [2.05, 4.69) is 4.98 Å². The van der Waals surface area contributed by atoms with Crippen molar-refractivity contribution >= 4 is 23.1 Å². The highest BCUT2D eigenvalue weighted by atomic mass is 16.5. The smallest absolute Gasteiger partial charge is 0.300 e. The molecule has 1 amide bonds. The minimum absolute atomic E-state index is 0.00553. The summed E-state index contributed by atoms with van der Waals surface area (Å²) in [4.78, 5) is 32.2. The first kappa shape index (κ1) is 24.0. The maximum atomic E-state index is 13.4. The number of pyridine rings is 1. The number of anilines is 1. The lowest BCUT2D eigenvalue weighted by atomic mass is 9.93. The zero-order chi connectivity index (χ0) is 25.1. The maximum absolute atomic E-state index is 13.4. The Morgan fingerprint density at radius 2 is 1.77 bits per heavy atom. The van der Waals surface area contributed by atoms with Crippen molar-refractivity contribution in [3.05, 3.63) is 89.3 Å². The Hall–Kier alpha value is -4.13. The number of ketones is 1. The molecule has 0 radical (unpaired) electrons. The highest BCUT2D eigenvalue weighted by Crippen LogP contribution is 2.45. The number of ether oxygens (including phenoxy) is 2. The van der Waals surface area contributed by atoms with Gasteiger partial charge in [-0.15, -0.1) is 0 Å². The third kappa shape index (κ3) is 4.37. The maximum Gasteiger partial charge on any atom is 0.300 e. The Morgan fingerprint density at radius 3 is 2.43 bits per heavy atom. The molecular formula is C28H28N2O5. The van der Waals surface area contributed by atoms with E-state index >= 15 is 0 Å². The van der Waals surface area contributed by atoms with Gasteiger partial charge in [-0.2, -0.15) is 0 Å². The van der Waals surface area contributed by atoms with Gasteiger partial charge in [-0.25, -0.2) is 0 Å². The van der Waals surface area contributed by atoms with Crippen molar-refractivity contribution in [2.75, 3.05) is 18.6 Å². The van der Waals surface area contributed by atoms with Gasteiger partial charge in [0.05, 0.1) is 31.0 Å². The molecule has 7 heteroatoms. The molecule has 35 heavy (non-hydrogen) atoms. The van der Waals surface area contributed by atoms with Gasteiger partial charge < -0.3 is 14.6 Å². The predicted molar refractivity (Wildman–Crippen MR) is 134 cm³/mol. The van der Waals surface area contributed by atoms with Crippen molar-refractivity contribution < 1.29 is 24.2 Å². The summed E-state index contributed by atoms with van der Waals surface area (Å²) in [5.41, 5.74) is 2.42. The first-order valence-electron chi connectivity index (χ1n) is 11.5. The highest BCUT2D eigenvalue weighted by Gasteiger charge is 2.47. The van der Waals surface area contributed by atoms with Crippen LogP contribution in [-0.4, -0.2) is 35.5 Å². The number of aromatic nitrogens is 1. The van der Waals surface area contributed by atoms with Gasteiger partial charge in [-0.05, 0) is 66.4 Å². The van der Waals surface area contributed by atoms with Crippen molar-refractivity contribution in [3.8, 4) is 11.5 Å². The van der Waals surface area contributed by atoms with Crippen molar-refractivity contribution in [1.29, 1.82) is 0 Å². The third-order valence-electron chi connectivity index (χ3n) is 6.02. The third-order valence-corrected chi connectivity index (χ3v) is 6.02. The Bertz CT molecular complexity index is 1280. The molecule has 2 aromatic carbocycles. The second-order valence-electron chi connectivity index (χ2n) is 8.46. The molecule has 1 aromatic heterocycles. The summed E-state index contributed by atoms with van der Waals surface area (Å²) in [6.07, 6.45) is 3.18. The minimum atomic E-state index is -0.858. The molecule has 2 heterocycles. The van der Waals surface area contributed by atoms with E-state index in [0.29, 0.717) is 29.2 Å². The number of para-hydroxylation sites is 2. The first-order valence-corrected chi connectivity index (χ1v) is 11.5. The standard InChI is InChI=1S/C28H28N2O5/c1-5-35-22-11-10-19(16-20(22)17(2)3)26(31)24-25(18-12-14-29-15-13-18)30(28(33)27(24)32)21-8-6-7-9-23(21)34-4/h6-17,25,31H,5H2,1-4H3/b26-24-. The first-order chi connectivity index (χ1) is 16.9. The quantitative estimate of drug-likeness (QED) is 0.287. The molecule has 3 aromatic rings. The van der Waals surface area contributed by atoms with Crippen LogP contribution in [0.1, 0.15) is 49.4 Å². The van der Waals surface area contributed by atoms with Crippen LogP contribution in [0, 0.1) is 0 Å². The van der Waals surface area contributed by atoms with Crippen LogP contribution in [0.5, 0.6) is 11.5 Å². The van der Waals surface area contributed by atoms with E-state index in [0.717, 1.165) is 11.3 Å². The van der Waals surface area contributed by atoms with Crippen molar-refractivity contribution in [1.82, 2.24) is 4.98 Å². The summed E-state index contributed by atoms with van der Waals surface area (Å²) < 4.78 is 11.2. The zero-order valence-electron chi connectivity index (χ0n) is 20.2. The Labute approximate surface area is 204 Å². The summed E-state index contributed by atoms with van der Waals surface area (Å²) in [6, 6.07) is 14.9. The van der Waals surface area contributed by atoms with Gasteiger partial charge in [0.25, 0.3) is 11.7 Å². The monoisotopic (exact) mass is 472 g/mol. The van der Waals surface area contributed by atoms with Crippen LogP contribution in [0.4, 0.5) is 5.69 Å². The average Bonchev–Trinajstić information content (AvgIpc) is 3.14. The number of benzene rings is 2. The van der Waals surface area contributed by atoms with Gasteiger partial charge in [0.15, 0.2) is 0 Å². The molecule has 0 spiro atoms. The Balaban J connectivity index is 1.94. The fourth-order valence-electron chi connectivity index (χ4n) is 4.36. The van der Waals surface area contributed by atoms with Crippen molar-refractivity contribution in [2.45, 2.75) is 32.7 Å². The number of aliphatic hydroxyl groups excluding tert-OH is 1. The number of carbonyl (C=O) groups excluding carboxylic acids is 2. The number of hydrogen-bond acceptors (Lipinski definition) is 6. The van der Waals surface area contributed by atoms with E-state index in [9.17, 15) is 14.7 Å². The molecule has 0 bridgehead atoms. The van der Waals surface area contributed by atoms with Crippen LogP contribution < -0.4 is 14.4 Å². The minimum Gasteiger partial charge on any atom is -0.507 e. The number of carbonyl (C=O) groups is 2. The average molecular weight is 473 g/mol. The number of amides is 1. The van der Waals surface area contributed by atoms with E-state index in [1.807, 2.05) is 26.8 Å². The van der Waals surface area contributed by atoms with E-state index in [1.165, 1.54) is 12.0 Å². The van der Waals surface area contributed by atoms with E-state index < -0.39 is 17.7 Å². The normalized spacial score (nSPS) is 17.2. The van der Waals surface area contributed by atoms with Crippen LogP contribution in [0.15, 0.2) is 72.6 Å². The largest absolute Gasteiger partial charge is 0.507 e. The Kier molecular flexibility index (Phi) is 6.87. The number of methoxy groups -OCH3 is 1. The van der Waals surface area contributed by atoms with E-state index in [-0.39, 0.29) is 17.3 Å². The fraction of sp³-hybridized carbons (Fsp3) is 0.250. The molecule has 1 aliphatic rings. The molecular weight excluding hydrogens is 444 g/mol. The fourth-order valence-corrected chi connectivity index (χ4v) is 4.36. The SMILES string of the molecule is CCOc1ccc(/C(O)=C2/C(=O)C(=O)N(c3ccccc3OC)C2c2ccncc2)cc1C(C)C. The Morgan fingerprint density at radius 1 is 1.06 bits per heavy atom. The predicted octanol–water partition coefficient (Wildman–Crippen LogP) is 5.24. The van der Waals surface area contributed by atoms with Crippen LogP contribution in [0.3, 0.4) is 0 Å². The summed E-state index contributed by atoms with van der Waals surface area (Å²) in [6.45, 7) is 6.47. The van der Waals surface area contributed by atoms with Gasteiger partial charge >= 0.3 is 0 Å². The number of aliphatic hydroxyl groups is 1. The summed E-state index contributed by atoms with van der Waals surface area (Å²) in [5, 5.41) is 11.5. The van der Waals surface area contributed by atoms with Gasteiger partial charge in [-0.3, -0.25) is 19.5 Å². The molecule has 1 fully saturated rings. The molecule has 4 rings (SSSR count). The van der Waals surface area contributed by atoms with Crippen LogP contribution in [0.25, 0.3) is 5.76 Å². The van der Waals surface area contributed by atoms with Crippen LogP contribution in [0.2, 0.25) is 0 Å². The van der Waals surface area contributed by atoms with E-state index in [4.69, 9.17) is 9.47 Å². The van der Waals surface area contributed by atoms with Gasteiger partial charge in [0, 0.05) is 18.0 Å². The molecule has 1 unspecified atom stereocenters. The summed E-state index contributed by atoms with van der Waals surface area (Å²) >= 11 is 0. The zero-order valence-corrected chi connectivity index (χ0v) is 20.2. The molecule has 1 saturated heterocycles. The second-order valence-corrected chi connectivity index (χ2v) is 8.46. The molecule has 0 saturated carbocycles. The highest BCUT2D eigenvalue weighted by molar-refractivity contribution is 6.51. The lowest BCUT2D eigenvalue weighted by Gasteiger charge is -2.26. The van der Waals surface area contributed by atoms with Crippen LogP contribution >= 0.6 is 0 Å². The molecule has 180 valence electrons. The molecule has 0 aliphatic carbocycles. The second kappa shape index (κ2) is 10.0. The topological polar surface area (TPSA) is 89.0 Å². The number of nitrogens with zero attached hydrogens (tertiary/aromatic N) is 2. The molecule has 7 nitrogen and oxygen atoms in total. The summed E-state index contributed by atoms with van der Waals surface area (Å²) in [5.74, 6) is -0.470.